The standard InChI is InChI=1S/C17H13N3O/c1-2-19-16-5-3-11(9-18)7-13(16)15-10-20-17-6-4-12(21)8-14(15)17/h2-8,10,19-21H,1H2. The zero-order chi connectivity index (χ0) is 14.8. The van der Waals surface area contributed by atoms with Crippen LogP contribution in [0.1, 0.15) is 5.56 Å². The van der Waals surface area contributed by atoms with E-state index in [0.29, 0.717) is 5.56 Å². The van der Waals surface area contributed by atoms with Crippen LogP contribution >= 0.6 is 0 Å². The van der Waals surface area contributed by atoms with Crippen molar-refractivity contribution in [1.82, 2.24) is 4.98 Å². The van der Waals surface area contributed by atoms with Gasteiger partial charge in [-0.05, 0) is 42.6 Å². The van der Waals surface area contributed by atoms with Gasteiger partial charge in [0.15, 0.2) is 0 Å². The molecular formula is C17H13N3O. The van der Waals surface area contributed by atoms with E-state index in [1.165, 1.54) is 0 Å². The number of aromatic hydroxyl groups is 1. The first-order valence-electron chi connectivity index (χ1n) is 6.45. The molecule has 0 aliphatic carbocycles. The summed E-state index contributed by atoms with van der Waals surface area (Å²) in [6.45, 7) is 3.67. The van der Waals surface area contributed by atoms with Crippen molar-refractivity contribution in [2.24, 2.45) is 0 Å². The summed E-state index contributed by atoms with van der Waals surface area (Å²) in [6.07, 6.45) is 3.46. The number of nitrogens with one attached hydrogen (secondary N) is 2. The quantitative estimate of drug-likeness (QED) is 0.677. The number of anilines is 1. The number of nitriles is 1. The predicted octanol–water partition coefficient (Wildman–Crippen LogP) is 3.97. The van der Waals surface area contributed by atoms with Crippen LogP contribution < -0.4 is 5.32 Å². The van der Waals surface area contributed by atoms with E-state index in [-0.39, 0.29) is 5.75 Å². The van der Waals surface area contributed by atoms with Gasteiger partial charge in [-0.25, -0.2) is 0 Å². The summed E-state index contributed by atoms with van der Waals surface area (Å²) in [5.74, 6) is 0.206. The third-order valence-corrected chi connectivity index (χ3v) is 3.36. The van der Waals surface area contributed by atoms with Gasteiger partial charge < -0.3 is 15.4 Å². The maximum atomic E-state index is 9.70. The van der Waals surface area contributed by atoms with E-state index in [4.69, 9.17) is 5.26 Å². The minimum atomic E-state index is 0.206. The molecule has 102 valence electrons. The van der Waals surface area contributed by atoms with Crippen molar-refractivity contribution in [3.05, 3.63) is 60.9 Å². The van der Waals surface area contributed by atoms with E-state index in [2.05, 4.69) is 22.9 Å². The Morgan fingerprint density at radius 3 is 2.81 bits per heavy atom. The lowest BCUT2D eigenvalue weighted by Crippen LogP contribution is -1.91. The molecule has 0 aliphatic heterocycles. The number of phenolic OH excluding ortho intramolecular Hbond substituents is 1. The molecule has 21 heavy (non-hydrogen) atoms. The maximum absolute atomic E-state index is 9.70. The lowest BCUT2D eigenvalue weighted by atomic mass is 10.0. The highest BCUT2D eigenvalue weighted by Gasteiger charge is 2.11. The maximum Gasteiger partial charge on any atom is 0.116 e. The van der Waals surface area contributed by atoms with Crippen LogP contribution in [0.5, 0.6) is 5.75 Å². The Hall–Kier alpha value is -3.19. The van der Waals surface area contributed by atoms with Crippen molar-refractivity contribution >= 4 is 16.6 Å². The Bertz CT molecular complexity index is 871. The number of phenols is 1. The van der Waals surface area contributed by atoms with Crippen molar-refractivity contribution in [1.29, 1.82) is 5.26 Å². The second-order valence-electron chi connectivity index (χ2n) is 4.65. The van der Waals surface area contributed by atoms with Crippen molar-refractivity contribution < 1.29 is 5.11 Å². The van der Waals surface area contributed by atoms with Crippen LogP contribution in [0, 0.1) is 11.3 Å². The molecular weight excluding hydrogens is 262 g/mol. The van der Waals surface area contributed by atoms with Crippen molar-refractivity contribution in [3.63, 3.8) is 0 Å². The van der Waals surface area contributed by atoms with E-state index in [0.717, 1.165) is 27.7 Å². The van der Waals surface area contributed by atoms with Gasteiger partial charge in [-0.1, -0.05) is 6.58 Å². The van der Waals surface area contributed by atoms with Crippen LogP contribution in [0.25, 0.3) is 22.0 Å². The summed E-state index contributed by atoms with van der Waals surface area (Å²) < 4.78 is 0. The number of aromatic amines is 1. The summed E-state index contributed by atoms with van der Waals surface area (Å²) in [5.41, 5.74) is 4.16. The fraction of sp³-hybridized carbons (Fsp3) is 0. The Balaban J connectivity index is 2.28. The molecule has 0 unspecified atom stereocenters. The van der Waals surface area contributed by atoms with Gasteiger partial charge in [0, 0.05) is 33.9 Å². The fourth-order valence-electron chi connectivity index (χ4n) is 2.40. The zero-order valence-electron chi connectivity index (χ0n) is 11.2. The molecule has 0 spiro atoms. The molecule has 4 heteroatoms. The normalized spacial score (nSPS) is 10.2. The van der Waals surface area contributed by atoms with Crippen LogP contribution in [0.4, 0.5) is 5.69 Å². The third kappa shape index (κ3) is 2.21. The molecule has 0 bridgehead atoms. The molecule has 3 rings (SSSR count). The highest BCUT2D eigenvalue weighted by Crippen LogP contribution is 2.35. The predicted molar refractivity (Wildman–Crippen MR) is 83.9 cm³/mol. The van der Waals surface area contributed by atoms with Crippen LogP contribution in [0.3, 0.4) is 0 Å². The Morgan fingerprint density at radius 1 is 1.19 bits per heavy atom. The highest BCUT2D eigenvalue weighted by atomic mass is 16.3. The second kappa shape index (κ2) is 5.06. The lowest BCUT2D eigenvalue weighted by molar-refractivity contribution is 0.476. The minimum Gasteiger partial charge on any atom is -0.508 e. The molecule has 4 nitrogen and oxygen atoms in total. The van der Waals surface area contributed by atoms with E-state index in [1.54, 1.807) is 24.4 Å². The van der Waals surface area contributed by atoms with Crippen LogP contribution in [0.2, 0.25) is 0 Å². The van der Waals surface area contributed by atoms with Crippen LogP contribution in [-0.4, -0.2) is 10.1 Å². The molecule has 2 aromatic carbocycles. The van der Waals surface area contributed by atoms with Gasteiger partial charge in [0.1, 0.15) is 5.75 Å². The first-order chi connectivity index (χ1) is 10.2. The van der Waals surface area contributed by atoms with Crippen LogP contribution in [-0.2, 0) is 0 Å². The molecule has 0 atom stereocenters. The Labute approximate surface area is 122 Å². The van der Waals surface area contributed by atoms with E-state index in [9.17, 15) is 5.11 Å². The van der Waals surface area contributed by atoms with E-state index >= 15 is 0 Å². The first kappa shape index (κ1) is 12.8. The Morgan fingerprint density at radius 2 is 2.05 bits per heavy atom. The monoisotopic (exact) mass is 275 g/mol. The summed E-state index contributed by atoms with van der Waals surface area (Å²) in [5, 5.41) is 22.8. The van der Waals surface area contributed by atoms with Crippen LogP contribution in [0.15, 0.2) is 55.4 Å². The Kier molecular flexibility index (Phi) is 3.09. The molecule has 1 heterocycles. The van der Waals surface area contributed by atoms with Gasteiger partial charge in [0.2, 0.25) is 0 Å². The topological polar surface area (TPSA) is 71.8 Å². The molecule has 0 fully saturated rings. The van der Waals surface area contributed by atoms with Gasteiger partial charge in [0.25, 0.3) is 0 Å². The minimum absolute atomic E-state index is 0.206. The van der Waals surface area contributed by atoms with Gasteiger partial charge in [0.05, 0.1) is 11.6 Å². The molecule has 0 saturated carbocycles. The van der Waals surface area contributed by atoms with Crippen molar-refractivity contribution in [2.45, 2.75) is 0 Å². The number of hydrogen-bond donors (Lipinski definition) is 3. The number of hydrogen-bond acceptors (Lipinski definition) is 3. The smallest absolute Gasteiger partial charge is 0.116 e. The second-order valence-corrected chi connectivity index (χ2v) is 4.65. The number of fused-ring (bicyclic) bond motifs is 1. The van der Waals surface area contributed by atoms with E-state index < -0.39 is 0 Å². The summed E-state index contributed by atoms with van der Waals surface area (Å²) in [4.78, 5) is 3.17. The highest BCUT2D eigenvalue weighted by molar-refractivity contribution is 5.99. The molecule has 3 N–H and O–H groups in total. The average Bonchev–Trinajstić information content (AvgIpc) is 2.91. The van der Waals surface area contributed by atoms with Gasteiger partial charge >= 0.3 is 0 Å². The van der Waals surface area contributed by atoms with Gasteiger partial charge in [-0.15, -0.1) is 0 Å². The number of benzene rings is 2. The van der Waals surface area contributed by atoms with Gasteiger partial charge in [-0.3, -0.25) is 0 Å². The third-order valence-electron chi connectivity index (χ3n) is 3.36. The summed E-state index contributed by atoms with van der Waals surface area (Å²) in [6, 6.07) is 12.7. The summed E-state index contributed by atoms with van der Waals surface area (Å²) in [7, 11) is 0. The van der Waals surface area contributed by atoms with Crippen molar-refractivity contribution in [3.8, 4) is 22.9 Å². The molecule has 3 aromatic rings. The van der Waals surface area contributed by atoms with Crippen molar-refractivity contribution in [2.75, 3.05) is 5.32 Å². The fourth-order valence-corrected chi connectivity index (χ4v) is 2.40. The number of H-pyrrole nitrogens is 1. The zero-order valence-corrected chi connectivity index (χ0v) is 11.2. The molecule has 0 amide bonds. The molecule has 0 aliphatic rings. The molecule has 0 saturated heterocycles. The number of aromatic nitrogens is 1. The summed E-state index contributed by atoms with van der Waals surface area (Å²) >= 11 is 0. The van der Waals surface area contributed by atoms with Gasteiger partial charge in [-0.2, -0.15) is 5.26 Å². The first-order valence-corrected chi connectivity index (χ1v) is 6.45. The number of nitrogens with zero attached hydrogens (tertiary/aromatic N) is 1. The number of rotatable bonds is 3. The largest absolute Gasteiger partial charge is 0.508 e. The lowest BCUT2D eigenvalue weighted by Gasteiger charge is -2.09. The average molecular weight is 275 g/mol. The molecule has 0 radical (unpaired) electrons. The molecule has 1 aromatic heterocycles. The van der Waals surface area contributed by atoms with E-state index in [1.807, 2.05) is 24.4 Å². The SMILES string of the molecule is C=CNc1ccc(C#N)cc1-c1c[nH]c2ccc(O)cc12.